The second-order valence-corrected chi connectivity index (χ2v) is 7.97. The first-order valence-electron chi connectivity index (χ1n) is 10.1. The average Bonchev–Trinajstić information content (AvgIpc) is 3.16. The zero-order valence-corrected chi connectivity index (χ0v) is 16.7. The van der Waals surface area contributed by atoms with Gasteiger partial charge >= 0.3 is 0 Å². The number of carbonyl (C=O) groups is 1. The number of carbonyl (C=O) groups excluding carboxylic acids is 1. The Morgan fingerprint density at radius 2 is 2.10 bits per heavy atom. The van der Waals surface area contributed by atoms with Gasteiger partial charge in [-0.2, -0.15) is 4.98 Å². The minimum atomic E-state index is 0.219. The van der Waals surface area contributed by atoms with Crippen molar-refractivity contribution in [2.24, 2.45) is 5.92 Å². The Labute approximate surface area is 169 Å². The van der Waals surface area contributed by atoms with Crippen molar-refractivity contribution in [2.45, 2.75) is 46.1 Å². The van der Waals surface area contributed by atoms with Gasteiger partial charge in [-0.05, 0) is 55.9 Å². The van der Waals surface area contributed by atoms with Gasteiger partial charge in [-0.15, -0.1) is 0 Å². The van der Waals surface area contributed by atoms with E-state index < -0.39 is 0 Å². The molecule has 4 heterocycles. The number of hydrogen-bond donors (Lipinski definition) is 0. The largest absolute Gasteiger partial charge is 0.338 e. The summed E-state index contributed by atoms with van der Waals surface area (Å²) >= 11 is 0. The third-order valence-corrected chi connectivity index (χ3v) is 6.14. The maximum absolute atomic E-state index is 12.7. The zero-order chi connectivity index (χ0) is 20.0. The van der Waals surface area contributed by atoms with Gasteiger partial charge in [0.2, 0.25) is 11.7 Å². The van der Waals surface area contributed by atoms with E-state index in [0.29, 0.717) is 18.3 Å². The summed E-state index contributed by atoms with van der Waals surface area (Å²) in [6, 6.07) is 1.92. The number of pyridine rings is 2. The molecular formula is C22H23N5O2. The Balaban J connectivity index is 1.48. The Morgan fingerprint density at radius 3 is 2.86 bits per heavy atom. The van der Waals surface area contributed by atoms with Gasteiger partial charge in [-0.1, -0.05) is 11.6 Å². The van der Waals surface area contributed by atoms with Gasteiger partial charge in [0.25, 0.3) is 5.89 Å². The third-order valence-electron chi connectivity index (χ3n) is 6.14. The van der Waals surface area contributed by atoms with Gasteiger partial charge < -0.3 is 9.42 Å². The van der Waals surface area contributed by atoms with Crippen LogP contribution in [0.5, 0.6) is 0 Å². The second-order valence-electron chi connectivity index (χ2n) is 7.97. The highest BCUT2D eigenvalue weighted by Gasteiger charge is 2.32. The summed E-state index contributed by atoms with van der Waals surface area (Å²) in [5.41, 5.74) is 5.91. The van der Waals surface area contributed by atoms with Crippen LogP contribution >= 0.6 is 0 Å². The molecule has 0 bridgehead atoms. The van der Waals surface area contributed by atoms with Gasteiger partial charge in [0.05, 0.1) is 5.56 Å². The number of nitrogens with zero attached hydrogens (tertiary/aromatic N) is 5. The minimum Gasteiger partial charge on any atom is -0.338 e. The minimum absolute atomic E-state index is 0.219. The third kappa shape index (κ3) is 3.10. The van der Waals surface area contributed by atoms with E-state index in [1.165, 1.54) is 12.0 Å². The molecule has 0 saturated heterocycles. The summed E-state index contributed by atoms with van der Waals surface area (Å²) in [5, 5.41) is 4.24. The maximum Gasteiger partial charge on any atom is 0.260 e. The SMILES string of the molecule is Cc1ccncc1-c1nc(-c2c(C)ncc3c2CCN(C(=O)C2CCC2)C3)no1. The normalized spacial score (nSPS) is 16.4. The second kappa shape index (κ2) is 7.06. The molecule has 0 aromatic carbocycles. The van der Waals surface area contributed by atoms with E-state index in [4.69, 9.17) is 4.52 Å². The first-order valence-corrected chi connectivity index (χ1v) is 10.1. The Hall–Kier alpha value is -3.09. The molecular weight excluding hydrogens is 366 g/mol. The van der Waals surface area contributed by atoms with Crippen LogP contribution in [0.2, 0.25) is 0 Å². The standard InChI is InChI=1S/C22H23N5O2/c1-13-6-8-23-11-18(13)21-25-20(26-29-21)19-14(2)24-10-16-12-27(9-7-17(16)19)22(28)15-4-3-5-15/h6,8,10-11,15H,3-5,7,9,12H2,1-2H3. The van der Waals surface area contributed by atoms with Crippen LogP contribution in [-0.2, 0) is 17.8 Å². The quantitative estimate of drug-likeness (QED) is 0.682. The lowest BCUT2D eigenvalue weighted by atomic mass is 9.83. The first kappa shape index (κ1) is 18.0. The Bertz CT molecular complexity index is 1090. The predicted octanol–water partition coefficient (Wildman–Crippen LogP) is 3.50. The van der Waals surface area contributed by atoms with Crippen LogP contribution in [0.15, 0.2) is 29.2 Å². The van der Waals surface area contributed by atoms with Crippen LogP contribution in [0.3, 0.4) is 0 Å². The number of amides is 1. The predicted molar refractivity (Wildman–Crippen MR) is 107 cm³/mol. The fourth-order valence-electron chi connectivity index (χ4n) is 4.17. The maximum atomic E-state index is 12.7. The molecule has 0 unspecified atom stereocenters. The number of rotatable bonds is 3. The van der Waals surface area contributed by atoms with Gasteiger partial charge in [0, 0.05) is 48.9 Å². The fourth-order valence-corrected chi connectivity index (χ4v) is 4.17. The number of fused-ring (bicyclic) bond motifs is 1. The van der Waals surface area contributed by atoms with Crippen molar-refractivity contribution in [3.8, 4) is 22.8 Å². The zero-order valence-electron chi connectivity index (χ0n) is 16.7. The van der Waals surface area contributed by atoms with Gasteiger partial charge in [-0.3, -0.25) is 14.8 Å². The van der Waals surface area contributed by atoms with Crippen LogP contribution in [0.4, 0.5) is 0 Å². The highest BCUT2D eigenvalue weighted by atomic mass is 16.5. The smallest absolute Gasteiger partial charge is 0.260 e. The molecule has 0 atom stereocenters. The molecule has 148 valence electrons. The Kier molecular flexibility index (Phi) is 4.38. The van der Waals surface area contributed by atoms with E-state index in [0.717, 1.165) is 53.8 Å². The lowest BCUT2D eigenvalue weighted by Gasteiger charge is -2.35. The van der Waals surface area contributed by atoms with E-state index >= 15 is 0 Å². The lowest BCUT2D eigenvalue weighted by molar-refractivity contribution is -0.139. The molecule has 0 spiro atoms. The molecule has 29 heavy (non-hydrogen) atoms. The van der Waals surface area contributed by atoms with Gasteiger partial charge in [0.15, 0.2) is 0 Å². The molecule has 1 aliphatic heterocycles. The molecule has 7 heteroatoms. The van der Waals surface area contributed by atoms with Crippen molar-refractivity contribution in [1.82, 2.24) is 25.0 Å². The lowest BCUT2D eigenvalue weighted by Crippen LogP contribution is -2.42. The summed E-state index contributed by atoms with van der Waals surface area (Å²) in [6.07, 6.45) is 9.37. The van der Waals surface area contributed by atoms with Gasteiger partial charge in [0.1, 0.15) is 0 Å². The molecule has 1 amide bonds. The van der Waals surface area contributed by atoms with Crippen molar-refractivity contribution >= 4 is 5.91 Å². The molecule has 2 aliphatic rings. The van der Waals surface area contributed by atoms with Crippen molar-refractivity contribution in [3.63, 3.8) is 0 Å². The van der Waals surface area contributed by atoms with Gasteiger partial charge in [-0.25, -0.2) is 0 Å². The Morgan fingerprint density at radius 1 is 1.24 bits per heavy atom. The number of aromatic nitrogens is 4. The fraction of sp³-hybridized carbons (Fsp3) is 0.409. The highest BCUT2D eigenvalue weighted by Crippen LogP contribution is 2.34. The van der Waals surface area contributed by atoms with E-state index in [2.05, 4.69) is 20.1 Å². The van der Waals surface area contributed by atoms with Crippen LogP contribution < -0.4 is 0 Å². The molecule has 1 fully saturated rings. The summed E-state index contributed by atoms with van der Waals surface area (Å²) in [5.74, 6) is 1.51. The molecule has 3 aromatic rings. The summed E-state index contributed by atoms with van der Waals surface area (Å²) in [4.78, 5) is 28.0. The molecule has 7 nitrogen and oxygen atoms in total. The summed E-state index contributed by atoms with van der Waals surface area (Å²) < 4.78 is 5.55. The highest BCUT2D eigenvalue weighted by molar-refractivity contribution is 5.80. The molecule has 0 radical (unpaired) electrons. The number of aryl methyl sites for hydroxylation is 2. The molecule has 1 saturated carbocycles. The average molecular weight is 389 g/mol. The molecule has 0 N–H and O–H groups in total. The molecule has 1 aliphatic carbocycles. The van der Waals surface area contributed by atoms with E-state index in [1.807, 2.05) is 31.0 Å². The first-order chi connectivity index (χ1) is 14.1. The summed E-state index contributed by atoms with van der Waals surface area (Å²) in [6.45, 7) is 5.29. The van der Waals surface area contributed by atoms with Crippen molar-refractivity contribution in [3.05, 3.63) is 47.0 Å². The van der Waals surface area contributed by atoms with E-state index in [1.54, 1.807) is 12.4 Å². The van der Waals surface area contributed by atoms with Crippen molar-refractivity contribution in [1.29, 1.82) is 0 Å². The molecule has 3 aromatic heterocycles. The van der Waals surface area contributed by atoms with Crippen molar-refractivity contribution < 1.29 is 9.32 Å². The van der Waals surface area contributed by atoms with Crippen LogP contribution in [0.25, 0.3) is 22.8 Å². The monoisotopic (exact) mass is 389 g/mol. The van der Waals surface area contributed by atoms with Crippen molar-refractivity contribution in [2.75, 3.05) is 6.54 Å². The summed E-state index contributed by atoms with van der Waals surface area (Å²) in [7, 11) is 0. The van der Waals surface area contributed by atoms with E-state index in [9.17, 15) is 4.79 Å². The number of hydrogen-bond acceptors (Lipinski definition) is 6. The van der Waals surface area contributed by atoms with Crippen LogP contribution in [-0.4, -0.2) is 37.5 Å². The molecule has 5 rings (SSSR count). The van der Waals surface area contributed by atoms with Crippen LogP contribution in [0, 0.1) is 19.8 Å². The van der Waals surface area contributed by atoms with E-state index in [-0.39, 0.29) is 11.8 Å². The topological polar surface area (TPSA) is 85.0 Å². The van der Waals surface area contributed by atoms with Crippen LogP contribution in [0.1, 0.15) is 41.6 Å².